The van der Waals surface area contributed by atoms with Crippen molar-refractivity contribution in [1.29, 1.82) is 5.26 Å². The minimum atomic E-state index is -1.28. The molecule has 8 heteroatoms. The third kappa shape index (κ3) is 5.05. The van der Waals surface area contributed by atoms with Gasteiger partial charge >= 0.3 is 11.9 Å². The van der Waals surface area contributed by atoms with E-state index in [1.165, 1.54) is 30.3 Å². The van der Waals surface area contributed by atoms with Gasteiger partial charge in [0.25, 0.3) is 5.91 Å². The van der Waals surface area contributed by atoms with Gasteiger partial charge < -0.3 is 19.9 Å². The van der Waals surface area contributed by atoms with E-state index in [1.807, 2.05) is 25.1 Å². The molecule has 3 aromatic rings. The second kappa shape index (κ2) is 8.80. The Morgan fingerprint density at radius 2 is 1.58 bits per heavy atom. The molecule has 0 bridgehead atoms. The van der Waals surface area contributed by atoms with E-state index in [-0.39, 0.29) is 33.8 Å². The molecule has 154 valence electrons. The van der Waals surface area contributed by atoms with Crippen molar-refractivity contribution in [2.45, 2.75) is 6.92 Å². The molecule has 3 N–H and O–H groups in total. The van der Waals surface area contributed by atoms with E-state index in [1.54, 1.807) is 12.1 Å². The Morgan fingerprint density at radius 3 is 2.13 bits per heavy atom. The van der Waals surface area contributed by atoms with E-state index in [0.717, 1.165) is 11.6 Å². The van der Waals surface area contributed by atoms with E-state index in [4.69, 9.17) is 4.42 Å². The molecule has 0 fully saturated rings. The summed E-state index contributed by atoms with van der Waals surface area (Å²) in [7, 11) is 0. The summed E-state index contributed by atoms with van der Waals surface area (Å²) in [5, 5.41) is 30.4. The van der Waals surface area contributed by atoms with Crippen molar-refractivity contribution < 1.29 is 29.0 Å². The second-order valence-corrected chi connectivity index (χ2v) is 6.60. The molecule has 1 heterocycles. The number of carboxylic acid groups (broad SMARTS) is 2. The molecule has 0 spiro atoms. The summed E-state index contributed by atoms with van der Waals surface area (Å²) < 4.78 is 5.59. The zero-order valence-electron chi connectivity index (χ0n) is 16.2. The fourth-order valence-electron chi connectivity index (χ4n) is 2.73. The van der Waals surface area contributed by atoms with Gasteiger partial charge in [-0.25, -0.2) is 9.59 Å². The SMILES string of the molecule is Cc1ccc(NC(=O)/C(C#N)=C/c2ccc(-c3cc(C(=O)O)cc(C(=O)O)c3)o2)cc1. The molecule has 0 unspecified atom stereocenters. The first kappa shape index (κ1) is 21.1. The zero-order chi connectivity index (χ0) is 22.5. The molecule has 8 nitrogen and oxygen atoms in total. The first-order valence-electron chi connectivity index (χ1n) is 8.98. The molecule has 0 saturated heterocycles. The van der Waals surface area contributed by atoms with Gasteiger partial charge in [-0.3, -0.25) is 4.79 Å². The van der Waals surface area contributed by atoms with Crippen LogP contribution in [-0.2, 0) is 4.79 Å². The molecule has 0 radical (unpaired) electrons. The minimum absolute atomic E-state index is 0.170. The molecule has 0 aliphatic heterocycles. The number of anilines is 1. The van der Waals surface area contributed by atoms with Crippen LogP contribution in [0.1, 0.15) is 32.0 Å². The summed E-state index contributed by atoms with van der Waals surface area (Å²) in [4.78, 5) is 34.9. The van der Waals surface area contributed by atoms with Crippen LogP contribution in [0, 0.1) is 18.3 Å². The molecule has 0 aliphatic rings. The number of nitriles is 1. The number of aryl methyl sites for hydroxylation is 1. The van der Waals surface area contributed by atoms with Crippen LogP contribution in [-0.4, -0.2) is 28.1 Å². The average Bonchev–Trinajstić information content (AvgIpc) is 3.22. The lowest BCUT2D eigenvalue weighted by atomic mass is 10.0. The molecule has 31 heavy (non-hydrogen) atoms. The fraction of sp³-hybridized carbons (Fsp3) is 0.0435. The lowest BCUT2D eigenvalue weighted by molar-refractivity contribution is -0.112. The molecular weight excluding hydrogens is 400 g/mol. The average molecular weight is 416 g/mol. The number of rotatable bonds is 6. The number of nitrogens with zero attached hydrogens (tertiary/aromatic N) is 1. The molecule has 0 saturated carbocycles. The lowest BCUT2D eigenvalue weighted by Gasteiger charge is -2.04. The van der Waals surface area contributed by atoms with Crippen LogP contribution >= 0.6 is 0 Å². The zero-order valence-corrected chi connectivity index (χ0v) is 16.2. The van der Waals surface area contributed by atoms with E-state index in [0.29, 0.717) is 5.69 Å². The summed E-state index contributed by atoms with van der Waals surface area (Å²) in [5.41, 5.74) is 1.17. The maximum Gasteiger partial charge on any atom is 0.335 e. The molecule has 3 rings (SSSR count). The number of hydrogen-bond donors (Lipinski definition) is 3. The minimum Gasteiger partial charge on any atom is -0.478 e. The summed E-state index contributed by atoms with van der Waals surface area (Å²) in [5.74, 6) is -2.83. The Kier molecular flexibility index (Phi) is 5.98. The van der Waals surface area contributed by atoms with Crippen LogP contribution < -0.4 is 5.32 Å². The number of carbonyl (C=O) groups is 3. The Hall–Kier alpha value is -4.64. The maximum absolute atomic E-state index is 12.4. The van der Waals surface area contributed by atoms with Crippen LogP contribution in [0.2, 0.25) is 0 Å². The van der Waals surface area contributed by atoms with E-state index in [9.17, 15) is 29.9 Å². The van der Waals surface area contributed by atoms with Gasteiger partial charge in [-0.2, -0.15) is 5.26 Å². The van der Waals surface area contributed by atoms with Gasteiger partial charge in [0.05, 0.1) is 11.1 Å². The largest absolute Gasteiger partial charge is 0.478 e. The van der Waals surface area contributed by atoms with Crippen LogP contribution in [0.4, 0.5) is 5.69 Å². The van der Waals surface area contributed by atoms with Crippen molar-refractivity contribution in [3.05, 3.63) is 82.6 Å². The molecule has 1 amide bonds. The highest BCUT2D eigenvalue weighted by Crippen LogP contribution is 2.26. The highest BCUT2D eigenvalue weighted by Gasteiger charge is 2.15. The quantitative estimate of drug-likeness (QED) is 0.404. The van der Waals surface area contributed by atoms with Crippen LogP contribution in [0.15, 0.2) is 64.6 Å². The predicted molar refractivity (Wildman–Crippen MR) is 111 cm³/mol. The Bertz CT molecular complexity index is 1210. The third-order valence-electron chi connectivity index (χ3n) is 4.30. The van der Waals surface area contributed by atoms with Crippen LogP contribution in [0.25, 0.3) is 17.4 Å². The molecule has 1 aromatic heterocycles. The van der Waals surface area contributed by atoms with Crippen LogP contribution in [0.3, 0.4) is 0 Å². The number of furan rings is 1. The first-order chi connectivity index (χ1) is 14.8. The summed E-state index contributed by atoms with van der Waals surface area (Å²) >= 11 is 0. The number of amides is 1. The predicted octanol–water partition coefficient (Wildman–Crippen LogP) is 4.20. The summed E-state index contributed by atoms with van der Waals surface area (Å²) in [6, 6.07) is 15.4. The van der Waals surface area contributed by atoms with Gasteiger partial charge in [0, 0.05) is 17.3 Å². The maximum atomic E-state index is 12.4. The smallest absolute Gasteiger partial charge is 0.335 e. The van der Waals surface area contributed by atoms with Gasteiger partial charge in [-0.05, 0) is 49.4 Å². The summed E-state index contributed by atoms with van der Waals surface area (Å²) in [6.45, 7) is 1.91. The molecule has 0 atom stereocenters. The number of nitrogens with one attached hydrogen (secondary N) is 1. The first-order valence-corrected chi connectivity index (χ1v) is 8.98. The molecule has 0 aliphatic carbocycles. The topological polar surface area (TPSA) is 141 Å². The van der Waals surface area contributed by atoms with Crippen molar-refractivity contribution in [1.82, 2.24) is 0 Å². The van der Waals surface area contributed by atoms with Crippen molar-refractivity contribution in [2.75, 3.05) is 5.32 Å². The van der Waals surface area contributed by atoms with E-state index in [2.05, 4.69) is 5.32 Å². The van der Waals surface area contributed by atoms with Gasteiger partial charge in [0.2, 0.25) is 0 Å². The van der Waals surface area contributed by atoms with Gasteiger partial charge in [0.15, 0.2) is 0 Å². The Labute approximate surface area is 176 Å². The Balaban J connectivity index is 1.88. The van der Waals surface area contributed by atoms with Crippen molar-refractivity contribution in [3.8, 4) is 17.4 Å². The van der Waals surface area contributed by atoms with Crippen molar-refractivity contribution >= 4 is 29.6 Å². The normalized spacial score (nSPS) is 10.9. The highest BCUT2D eigenvalue weighted by atomic mass is 16.4. The van der Waals surface area contributed by atoms with Crippen LogP contribution in [0.5, 0.6) is 0 Å². The van der Waals surface area contributed by atoms with E-state index >= 15 is 0 Å². The third-order valence-corrected chi connectivity index (χ3v) is 4.30. The number of hydrogen-bond acceptors (Lipinski definition) is 5. The fourth-order valence-corrected chi connectivity index (χ4v) is 2.73. The number of aromatic carboxylic acids is 2. The van der Waals surface area contributed by atoms with Gasteiger partial charge in [-0.15, -0.1) is 0 Å². The van der Waals surface area contributed by atoms with Gasteiger partial charge in [0.1, 0.15) is 23.2 Å². The standard InChI is InChI=1S/C23H16N2O6/c1-13-2-4-18(5-3-13)25-21(26)17(12-24)11-19-6-7-20(31-19)14-8-15(22(27)28)10-16(9-14)23(29)30/h2-11H,1H3,(H,25,26)(H,27,28)(H,29,30)/b17-11+. The van der Waals surface area contributed by atoms with Crippen molar-refractivity contribution in [3.63, 3.8) is 0 Å². The Morgan fingerprint density at radius 1 is 0.968 bits per heavy atom. The van der Waals surface area contributed by atoms with Crippen molar-refractivity contribution in [2.24, 2.45) is 0 Å². The number of carbonyl (C=O) groups excluding carboxylic acids is 1. The van der Waals surface area contributed by atoms with E-state index < -0.39 is 17.8 Å². The molecular formula is C23H16N2O6. The lowest BCUT2D eigenvalue weighted by Crippen LogP contribution is -2.13. The highest BCUT2D eigenvalue weighted by molar-refractivity contribution is 6.09. The summed E-state index contributed by atoms with van der Waals surface area (Å²) in [6.07, 6.45) is 1.24. The second-order valence-electron chi connectivity index (χ2n) is 6.60. The van der Waals surface area contributed by atoms with Gasteiger partial charge in [-0.1, -0.05) is 17.7 Å². The monoisotopic (exact) mass is 416 g/mol. The number of benzene rings is 2. The molecule has 2 aromatic carbocycles. The number of carboxylic acids is 2.